The molecule has 2 rings (SSSR count). The van der Waals surface area contributed by atoms with E-state index in [2.05, 4.69) is 16.9 Å². The van der Waals surface area contributed by atoms with Gasteiger partial charge in [0.2, 0.25) is 0 Å². The van der Waals surface area contributed by atoms with Gasteiger partial charge in [-0.2, -0.15) is 0 Å². The van der Waals surface area contributed by atoms with Crippen molar-refractivity contribution in [3.05, 3.63) is 41.9 Å². The van der Waals surface area contributed by atoms with E-state index in [0.29, 0.717) is 12.2 Å². The number of aryl methyl sites for hydroxylation is 1. The largest absolute Gasteiger partial charge is 0.462 e. The number of carbonyl (C=O) groups is 1. The van der Waals surface area contributed by atoms with Gasteiger partial charge < -0.3 is 9.72 Å². The van der Waals surface area contributed by atoms with Crippen LogP contribution in [0.3, 0.4) is 0 Å². The second-order valence-corrected chi connectivity index (χ2v) is 4.63. The Morgan fingerprint density at radius 1 is 1.25 bits per heavy atom. The van der Waals surface area contributed by atoms with Crippen molar-refractivity contribution >= 4 is 5.97 Å². The normalized spacial score (nSPS) is 10.5. The molecule has 0 radical (unpaired) electrons. The maximum atomic E-state index is 11.6. The van der Waals surface area contributed by atoms with E-state index >= 15 is 0 Å². The Morgan fingerprint density at radius 2 is 2.00 bits per heavy atom. The molecular formula is C16H20N2O2. The number of hydrogen-bond donors (Lipinski definition) is 1. The molecule has 0 unspecified atom stereocenters. The molecule has 0 bridgehead atoms. The van der Waals surface area contributed by atoms with Gasteiger partial charge in [-0.1, -0.05) is 25.5 Å². The van der Waals surface area contributed by atoms with Crippen LogP contribution in [-0.2, 0) is 11.2 Å². The summed E-state index contributed by atoms with van der Waals surface area (Å²) in [5, 5.41) is 0. The molecule has 0 saturated carbocycles. The van der Waals surface area contributed by atoms with Crippen LogP contribution in [0.15, 0.2) is 30.5 Å². The molecule has 106 valence electrons. The summed E-state index contributed by atoms with van der Waals surface area (Å²) in [5.41, 5.74) is 2.47. The topological polar surface area (TPSA) is 55.0 Å². The number of benzene rings is 1. The van der Waals surface area contributed by atoms with Gasteiger partial charge in [0.25, 0.3) is 0 Å². The SMILES string of the molecule is CCCCc1nc(-c2ccc(C(=O)OCC)cc2)c[nH]1. The molecule has 0 fully saturated rings. The highest BCUT2D eigenvalue weighted by Gasteiger charge is 2.08. The standard InChI is InChI=1S/C16H20N2O2/c1-3-5-6-15-17-11-14(18-15)12-7-9-13(10-8-12)16(19)20-4-2/h7-11H,3-6H2,1-2H3,(H,17,18). The number of aromatic nitrogens is 2. The minimum Gasteiger partial charge on any atom is -0.462 e. The van der Waals surface area contributed by atoms with Crippen molar-refractivity contribution in [2.75, 3.05) is 6.61 Å². The molecule has 4 nitrogen and oxygen atoms in total. The zero-order valence-electron chi connectivity index (χ0n) is 12.0. The van der Waals surface area contributed by atoms with E-state index in [1.807, 2.05) is 18.3 Å². The van der Waals surface area contributed by atoms with Gasteiger partial charge in [0.05, 0.1) is 17.9 Å². The maximum Gasteiger partial charge on any atom is 0.338 e. The summed E-state index contributed by atoms with van der Waals surface area (Å²) in [6.07, 6.45) is 5.17. The molecule has 0 aliphatic heterocycles. The average molecular weight is 272 g/mol. The summed E-state index contributed by atoms with van der Waals surface area (Å²) in [5.74, 6) is 0.723. The van der Waals surface area contributed by atoms with Gasteiger partial charge in [-0.05, 0) is 25.5 Å². The number of ether oxygens (including phenoxy) is 1. The molecule has 0 atom stereocenters. The average Bonchev–Trinajstić information content (AvgIpc) is 2.94. The van der Waals surface area contributed by atoms with Crippen LogP contribution in [0.25, 0.3) is 11.3 Å². The van der Waals surface area contributed by atoms with Gasteiger partial charge in [0.1, 0.15) is 5.82 Å². The highest BCUT2D eigenvalue weighted by Crippen LogP contribution is 2.18. The minimum atomic E-state index is -0.287. The first kappa shape index (κ1) is 14.3. The van der Waals surface area contributed by atoms with Crippen molar-refractivity contribution in [1.29, 1.82) is 0 Å². The van der Waals surface area contributed by atoms with Gasteiger partial charge in [0, 0.05) is 18.2 Å². The van der Waals surface area contributed by atoms with Gasteiger partial charge in [-0.3, -0.25) is 0 Å². The monoisotopic (exact) mass is 272 g/mol. The zero-order chi connectivity index (χ0) is 14.4. The number of nitrogens with zero attached hydrogens (tertiary/aromatic N) is 1. The Bertz CT molecular complexity index is 558. The fraction of sp³-hybridized carbons (Fsp3) is 0.375. The Labute approximate surface area is 119 Å². The van der Waals surface area contributed by atoms with E-state index in [0.717, 1.165) is 36.3 Å². The Morgan fingerprint density at radius 3 is 2.65 bits per heavy atom. The lowest BCUT2D eigenvalue weighted by atomic mass is 10.1. The zero-order valence-corrected chi connectivity index (χ0v) is 12.0. The lowest BCUT2D eigenvalue weighted by molar-refractivity contribution is 0.0526. The second kappa shape index (κ2) is 6.89. The van der Waals surface area contributed by atoms with Crippen LogP contribution in [0.2, 0.25) is 0 Å². The number of H-pyrrole nitrogens is 1. The number of imidazole rings is 1. The van der Waals surface area contributed by atoms with E-state index in [9.17, 15) is 4.79 Å². The summed E-state index contributed by atoms with van der Waals surface area (Å²) in [6.45, 7) is 4.35. The van der Waals surface area contributed by atoms with E-state index in [1.54, 1.807) is 19.1 Å². The summed E-state index contributed by atoms with van der Waals surface area (Å²) in [4.78, 5) is 19.3. The van der Waals surface area contributed by atoms with Crippen molar-refractivity contribution < 1.29 is 9.53 Å². The Kier molecular flexibility index (Phi) is 4.93. The van der Waals surface area contributed by atoms with Gasteiger partial charge >= 0.3 is 5.97 Å². The van der Waals surface area contributed by atoms with E-state index in [1.165, 1.54) is 0 Å². The number of carbonyl (C=O) groups excluding carboxylic acids is 1. The number of unbranched alkanes of at least 4 members (excludes halogenated alkanes) is 1. The third kappa shape index (κ3) is 3.47. The Hall–Kier alpha value is -2.10. The summed E-state index contributed by atoms with van der Waals surface area (Å²) in [7, 11) is 0. The molecule has 20 heavy (non-hydrogen) atoms. The highest BCUT2D eigenvalue weighted by atomic mass is 16.5. The summed E-state index contributed by atoms with van der Waals surface area (Å²) < 4.78 is 4.96. The highest BCUT2D eigenvalue weighted by molar-refractivity contribution is 5.89. The Balaban J connectivity index is 2.09. The third-order valence-electron chi connectivity index (χ3n) is 3.09. The minimum absolute atomic E-state index is 0.287. The van der Waals surface area contributed by atoms with Crippen LogP contribution in [0, 0.1) is 0 Å². The fourth-order valence-electron chi connectivity index (χ4n) is 1.97. The third-order valence-corrected chi connectivity index (χ3v) is 3.09. The molecule has 0 spiro atoms. The molecule has 4 heteroatoms. The lowest BCUT2D eigenvalue weighted by Crippen LogP contribution is -2.03. The first-order valence-corrected chi connectivity index (χ1v) is 7.06. The van der Waals surface area contributed by atoms with Crippen molar-refractivity contribution in [2.24, 2.45) is 0 Å². The smallest absolute Gasteiger partial charge is 0.338 e. The predicted octanol–water partition coefficient (Wildman–Crippen LogP) is 3.60. The van der Waals surface area contributed by atoms with Crippen LogP contribution in [0.1, 0.15) is 42.9 Å². The first-order chi connectivity index (χ1) is 9.74. The van der Waals surface area contributed by atoms with E-state index in [4.69, 9.17) is 4.74 Å². The lowest BCUT2D eigenvalue weighted by Gasteiger charge is -2.02. The maximum absolute atomic E-state index is 11.6. The van der Waals surface area contributed by atoms with Gasteiger partial charge in [0.15, 0.2) is 0 Å². The van der Waals surface area contributed by atoms with E-state index < -0.39 is 0 Å². The fourth-order valence-corrected chi connectivity index (χ4v) is 1.97. The number of esters is 1. The van der Waals surface area contributed by atoms with E-state index in [-0.39, 0.29) is 5.97 Å². The van der Waals surface area contributed by atoms with Crippen molar-refractivity contribution in [1.82, 2.24) is 9.97 Å². The van der Waals surface area contributed by atoms with Crippen molar-refractivity contribution in [3.63, 3.8) is 0 Å². The second-order valence-electron chi connectivity index (χ2n) is 4.63. The van der Waals surface area contributed by atoms with Crippen molar-refractivity contribution in [3.8, 4) is 11.3 Å². The van der Waals surface area contributed by atoms with Crippen LogP contribution in [0.4, 0.5) is 0 Å². The molecule has 1 heterocycles. The summed E-state index contributed by atoms with van der Waals surface area (Å²) >= 11 is 0. The van der Waals surface area contributed by atoms with Crippen LogP contribution < -0.4 is 0 Å². The molecule has 0 saturated heterocycles. The quantitative estimate of drug-likeness (QED) is 0.817. The number of hydrogen-bond acceptors (Lipinski definition) is 3. The number of rotatable bonds is 6. The van der Waals surface area contributed by atoms with Crippen LogP contribution >= 0.6 is 0 Å². The number of aromatic amines is 1. The molecule has 0 amide bonds. The van der Waals surface area contributed by atoms with Gasteiger partial charge in [-0.25, -0.2) is 9.78 Å². The molecule has 1 aromatic carbocycles. The molecule has 2 aromatic rings. The molecular weight excluding hydrogens is 252 g/mol. The van der Waals surface area contributed by atoms with Crippen molar-refractivity contribution in [2.45, 2.75) is 33.1 Å². The molecule has 0 aliphatic rings. The summed E-state index contributed by atoms with van der Waals surface area (Å²) in [6, 6.07) is 7.33. The number of nitrogens with one attached hydrogen (secondary N) is 1. The van der Waals surface area contributed by atoms with Crippen LogP contribution in [-0.4, -0.2) is 22.5 Å². The predicted molar refractivity (Wildman–Crippen MR) is 78.6 cm³/mol. The molecule has 1 N–H and O–H groups in total. The first-order valence-electron chi connectivity index (χ1n) is 7.06. The molecule has 0 aliphatic carbocycles. The molecule has 1 aromatic heterocycles. The van der Waals surface area contributed by atoms with Crippen LogP contribution in [0.5, 0.6) is 0 Å². The van der Waals surface area contributed by atoms with Gasteiger partial charge in [-0.15, -0.1) is 0 Å².